The van der Waals surface area contributed by atoms with Crippen LogP contribution >= 0.6 is 0 Å². The highest BCUT2D eigenvalue weighted by Crippen LogP contribution is 2.44. The SMILES string of the molecule is COc1ccc(Nc2nc3c(C(=O)NC4CC5CCCC(C4)C5C)cccc3o2)cc1. The molecule has 2 aliphatic rings. The lowest BCUT2D eigenvalue weighted by atomic mass is 9.64. The number of carbonyl (C=O) groups is 1. The second-order valence-electron chi connectivity index (χ2n) is 8.98. The Morgan fingerprint density at radius 3 is 2.55 bits per heavy atom. The van der Waals surface area contributed by atoms with Crippen molar-refractivity contribution in [1.29, 1.82) is 0 Å². The Morgan fingerprint density at radius 1 is 1.10 bits per heavy atom. The van der Waals surface area contributed by atoms with E-state index in [9.17, 15) is 4.79 Å². The summed E-state index contributed by atoms with van der Waals surface area (Å²) in [6.07, 6.45) is 6.10. The third kappa shape index (κ3) is 3.99. The second-order valence-corrected chi connectivity index (χ2v) is 8.98. The molecule has 5 rings (SSSR count). The molecule has 2 fully saturated rings. The summed E-state index contributed by atoms with van der Waals surface area (Å²) < 4.78 is 11.0. The topological polar surface area (TPSA) is 76.4 Å². The molecule has 2 saturated carbocycles. The molecule has 0 radical (unpaired) electrons. The average molecular weight is 420 g/mol. The fraction of sp³-hybridized carbons (Fsp3) is 0.440. The van der Waals surface area contributed by atoms with Crippen LogP contribution in [0.2, 0.25) is 0 Å². The Hall–Kier alpha value is -3.02. The van der Waals surface area contributed by atoms with E-state index in [-0.39, 0.29) is 11.9 Å². The summed E-state index contributed by atoms with van der Waals surface area (Å²) in [5.74, 6) is 2.98. The molecule has 2 atom stereocenters. The number of nitrogens with one attached hydrogen (secondary N) is 2. The predicted molar refractivity (Wildman–Crippen MR) is 121 cm³/mol. The Kier molecular flexibility index (Phi) is 5.30. The van der Waals surface area contributed by atoms with Crippen molar-refractivity contribution in [2.75, 3.05) is 12.4 Å². The quantitative estimate of drug-likeness (QED) is 0.569. The molecule has 1 heterocycles. The van der Waals surface area contributed by atoms with Crippen LogP contribution in [-0.2, 0) is 0 Å². The van der Waals surface area contributed by atoms with Crippen molar-refractivity contribution < 1.29 is 13.9 Å². The number of oxazole rings is 1. The maximum atomic E-state index is 13.1. The molecule has 0 aliphatic heterocycles. The largest absolute Gasteiger partial charge is 0.497 e. The van der Waals surface area contributed by atoms with Gasteiger partial charge in [0.1, 0.15) is 11.3 Å². The molecule has 6 nitrogen and oxygen atoms in total. The molecular formula is C25H29N3O3. The number of benzene rings is 2. The van der Waals surface area contributed by atoms with E-state index in [0.29, 0.717) is 22.7 Å². The first-order chi connectivity index (χ1) is 15.1. The summed E-state index contributed by atoms with van der Waals surface area (Å²) in [5.41, 5.74) is 2.58. The Bertz CT molecular complexity index is 1060. The van der Waals surface area contributed by atoms with E-state index in [1.807, 2.05) is 42.5 Å². The normalized spacial score (nSPS) is 25.2. The number of nitrogens with zero attached hydrogens (tertiary/aromatic N) is 1. The van der Waals surface area contributed by atoms with Crippen molar-refractivity contribution in [1.82, 2.24) is 10.3 Å². The van der Waals surface area contributed by atoms with E-state index < -0.39 is 0 Å². The van der Waals surface area contributed by atoms with Crippen molar-refractivity contribution >= 4 is 28.7 Å². The molecule has 2 aliphatic carbocycles. The maximum Gasteiger partial charge on any atom is 0.300 e. The third-order valence-corrected chi connectivity index (χ3v) is 7.15. The number of anilines is 2. The number of amides is 1. The highest BCUT2D eigenvalue weighted by molar-refractivity contribution is 6.04. The number of fused-ring (bicyclic) bond motifs is 3. The van der Waals surface area contributed by atoms with Crippen LogP contribution in [0.5, 0.6) is 5.75 Å². The molecule has 2 N–H and O–H groups in total. The minimum Gasteiger partial charge on any atom is -0.497 e. The van der Waals surface area contributed by atoms with Gasteiger partial charge in [0.15, 0.2) is 5.58 Å². The lowest BCUT2D eigenvalue weighted by molar-refractivity contribution is 0.0706. The molecule has 2 aromatic carbocycles. The van der Waals surface area contributed by atoms with Crippen molar-refractivity contribution in [3.05, 3.63) is 48.0 Å². The van der Waals surface area contributed by atoms with E-state index in [1.54, 1.807) is 7.11 Å². The lowest BCUT2D eigenvalue weighted by Crippen LogP contribution is -2.45. The standard InChI is InChI=1S/C25H29N3O3/c1-15-16-5-3-6-17(15)14-19(13-16)26-24(29)21-7-4-8-22-23(21)28-25(31-22)27-18-9-11-20(30-2)12-10-18/h4,7-12,15-17,19H,3,5-6,13-14H2,1-2H3,(H,26,29)(H,27,28). The van der Waals surface area contributed by atoms with Crippen molar-refractivity contribution in [2.45, 2.75) is 45.1 Å². The first kappa shape index (κ1) is 19.9. The van der Waals surface area contributed by atoms with E-state index in [0.717, 1.165) is 42.0 Å². The van der Waals surface area contributed by atoms with Gasteiger partial charge in [-0.25, -0.2) is 0 Å². The van der Waals surface area contributed by atoms with Gasteiger partial charge in [0.2, 0.25) is 0 Å². The Morgan fingerprint density at radius 2 is 1.84 bits per heavy atom. The number of ether oxygens (including phenoxy) is 1. The fourth-order valence-corrected chi connectivity index (χ4v) is 5.41. The summed E-state index contributed by atoms with van der Waals surface area (Å²) in [6.45, 7) is 2.39. The first-order valence-corrected chi connectivity index (χ1v) is 11.2. The van der Waals surface area contributed by atoms with Crippen molar-refractivity contribution in [3.63, 3.8) is 0 Å². The number of para-hydroxylation sites is 1. The molecular weight excluding hydrogens is 390 g/mol. The molecule has 0 saturated heterocycles. The van der Waals surface area contributed by atoms with Gasteiger partial charge in [-0.2, -0.15) is 4.98 Å². The number of rotatable bonds is 5. The monoisotopic (exact) mass is 419 g/mol. The minimum absolute atomic E-state index is 0.0625. The van der Waals surface area contributed by atoms with Gasteiger partial charge < -0.3 is 19.8 Å². The molecule has 1 amide bonds. The van der Waals surface area contributed by atoms with E-state index >= 15 is 0 Å². The molecule has 3 aromatic rings. The third-order valence-electron chi connectivity index (χ3n) is 7.15. The number of carbonyl (C=O) groups excluding carboxylic acids is 1. The maximum absolute atomic E-state index is 13.1. The van der Waals surface area contributed by atoms with E-state index in [4.69, 9.17) is 9.15 Å². The zero-order valence-corrected chi connectivity index (χ0v) is 18.1. The molecule has 162 valence electrons. The van der Waals surface area contributed by atoms with Gasteiger partial charge in [0.25, 0.3) is 11.9 Å². The van der Waals surface area contributed by atoms with Crippen LogP contribution in [0.4, 0.5) is 11.7 Å². The first-order valence-electron chi connectivity index (χ1n) is 11.2. The fourth-order valence-electron chi connectivity index (χ4n) is 5.41. The van der Waals surface area contributed by atoms with Crippen molar-refractivity contribution in [3.8, 4) is 5.75 Å². The molecule has 2 bridgehead atoms. The van der Waals surface area contributed by atoms with Crippen molar-refractivity contribution in [2.24, 2.45) is 17.8 Å². The smallest absolute Gasteiger partial charge is 0.300 e. The molecule has 0 spiro atoms. The molecule has 1 aromatic heterocycles. The summed E-state index contributed by atoms with van der Waals surface area (Å²) in [7, 11) is 1.63. The van der Waals surface area contributed by atoms with Gasteiger partial charge in [0, 0.05) is 11.7 Å². The van der Waals surface area contributed by atoms with Gasteiger partial charge in [-0.1, -0.05) is 32.3 Å². The summed E-state index contributed by atoms with van der Waals surface area (Å²) in [5, 5.41) is 6.45. The van der Waals surface area contributed by atoms with E-state index in [2.05, 4.69) is 22.5 Å². The van der Waals surface area contributed by atoms with Gasteiger partial charge in [-0.15, -0.1) is 0 Å². The van der Waals surface area contributed by atoms with Crippen LogP contribution in [0.15, 0.2) is 46.9 Å². The minimum atomic E-state index is -0.0625. The molecule has 31 heavy (non-hydrogen) atoms. The lowest BCUT2D eigenvalue weighted by Gasteiger charge is -2.44. The van der Waals surface area contributed by atoms with Crippen LogP contribution in [-0.4, -0.2) is 24.0 Å². The van der Waals surface area contributed by atoms with Crippen LogP contribution in [0.1, 0.15) is 49.4 Å². The van der Waals surface area contributed by atoms with Crippen LogP contribution in [0.25, 0.3) is 11.1 Å². The van der Waals surface area contributed by atoms with Gasteiger partial charge in [0.05, 0.1) is 12.7 Å². The number of hydrogen-bond acceptors (Lipinski definition) is 5. The van der Waals surface area contributed by atoms with Gasteiger partial charge in [-0.05, 0) is 67.0 Å². The van der Waals surface area contributed by atoms with E-state index in [1.165, 1.54) is 19.3 Å². The highest BCUT2D eigenvalue weighted by Gasteiger charge is 2.38. The second kappa shape index (κ2) is 8.25. The van der Waals surface area contributed by atoms with Crippen LogP contribution in [0, 0.1) is 17.8 Å². The number of methoxy groups -OCH3 is 1. The number of hydrogen-bond donors (Lipinski definition) is 2. The van der Waals surface area contributed by atoms with Gasteiger partial charge in [-0.3, -0.25) is 4.79 Å². The number of aromatic nitrogens is 1. The Labute approximate surface area is 182 Å². The van der Waals surface area contributed by atoms with Crippen LogP contribution < -0.4 is 15.4 Å². The molecule has 2 unspecified atom stereocenters. The zero-order chi connectivity index (χ0) is 21.4. The average Bonchev–Trinajstić information content (AvgIpc) is 3.17. The zero-order valence-electron chi connectivity index (χ0n) is 18.1. The Balaban J connectivity index is 1.33. The van der Waals surface area contributed by atoms with Crippen LogP contribution in [0.3, 0.4) is 0 Å². The highest BCUT2D eigenvalue weighted by atomic mass is 16.5. The molecule has 6 heteroatoms. The summed E-state index contributed by atoms with van der Waals surface area (Å²) in [6, 6.07) is 13.6. The predicted octanol–water partition coefficient (Wildman–Crippen LogP) is 5.52. The van der Waals surface area contributed by atoms with Gasteiger partial charge >= 0.3 is 0 Å². The summed E-state index contributed by atoms with van der Waals surface area (Å²) in [4.78, 5) is 17.7. The summed E-state index contributed by atoms with van der Waals surface area (Å²) >= 11 is 0.